The van der Waals surface area contributed by atoms with Crippen LogP contribution in [0.15, 0.2) is 0 Å². The van der Waals surface area contributed by atoms with Gasteiger partial charge in [-0.1, -0.05) is 12.6 Å². The number of thiol groups is 1. The number of methoxy groups -OCH3 is 1. The van der Waals surface area contributed by atoms with Crippen LogP contribution in [-0.4, -0.2) is 38.0 Å². The fraction of sp³-hybridized carbons (Fsp3) is 0.667. The van der Waals surface area contributed by atoms with Crippen molar-refractivity contribution >= 4 is 23.8 Å². The standard InChI is InChI=1S/C6H12N2O3S/c1-11-4-5(9)7-2-3-8-6(10)12/h2-4H2,1H3,(H,7,9)(H2,8,10,12). The van der Waals surface area contributed by atoms with Crippen LogP contribution in [0.3, 0.4) is 0 Å². The van der Waals surface area contributed by atoms with Crippen molar-refractivity contribution in [2.45, 2.75) is 0 Å². The summed E-state index contributed by atoms with van der Waals surface area (Å²) in [5.41, 5.74) is 0. The van der Waals surface area contributed by atoms with Gasteiger partial charge in [0, 0.05) is 20.2 Å². The Morgan fingerprint density at radius 3 is 2.42 bits per heavy atom. The van der Waals surface area contributed by atoms with Crippen LogP contribution in [0.4, 0.5) is 4.79 Å². The van der Waals surface area contributed by atoms with Crippen LogP contribution in [0.25, 0.3) is 0 Å². The highest BCUT2D eigenvalue weighted by atomic mass is 32.1. The summed E-state index contributed by atoms with van der Waals surface area (Å²) in [6, 6.07) is 0. The van der Waals surface area contributed by atoms with Gasteiger partial charge in [-0.25, -0.2) is 0 Å². The van der Waals surface area contributed by atoms with E-state index in [4.69, 9.17) is 0 Å². The van der Waals surface area contributed by atoms with E-state index in [-0.39, 0.29) is 12.5 Å². The molecule has 2 N–H and O–H groups in total. The molecular formula is C6H12N2O3S. The Balaban J connectivity index is 3.19. The quantitative estimate of drug-likeness (QED) is 0.402. The molecule has 0 fully saturated rings. The number of nitrogens with one attached hydrogen (secondary N) is 2. The van der Waals surface area contributed by atoms with Gasteiger partial charge in [0.2, 0.25) is 5.91 Å². The smallest absolute Gasteiger partial charge is 0.276 e. The van der Waals surface area contributed by atoms with E-state index < -0.39 is 5.24 Å². The van der Waals surface area contributed by atoms with Crippen LogP contribution in [0, 0.1) is 0 Å². The fourth-order valence-corrected chi connectivity index (χ4v) is 0.665. The van der Waals surface area contributed by atoms with Crippen LogP contribution < -0.4 is 10.6 Å². The first kappa shape index (κ1) is 11.2. The highest BCUT2D eigenvalue weighted by Crippen LogP contribution is 1.73. The van der Waals surface area contributed by atoms with Crippen LogP contribution >= 0.6 is 12.6 Å². The van der Waals surface area contributed by atoms with Crippen LogP contribution in [0.1, 0.15) is 0 Å². The molecule has 0 aliphatic heterocycles. The van der Waals surface area contributed by atoms with Crippen molar-refractivity contribution in [2.24, 2.45) is 0 Å². The second-order valence-corrected chi connectivity index (χ2v) is 2.42. The van der Waals surface area contributed by atoms with Gasteiger partial charge >= 0.3 is 0 Å². The number of hydrogen-bond donors (Lipinski definition) is 3. The number of carbonyl (C=O) groups excluding carboxylic acids is 2. The molecular weight excluding hydrogens is 180 g/mol. The Kier molecular flexibility index (Phi) is 6.50. The van der Waals surface area contributed by atoms with Gasteiger partial charge in [-0.05, 0) is 0 Å². The largest absolute Gasteiger partial charge is 0.375 e. The van der Waals surface area contributed by atoms with Gasteiger partial charge in [-0.2, -0.15) is 0 Å². The predicted octanol–water partition coefficient (Wildman–Crippen LogP) is -0.612. The SMILES string of the molecule is COCC(=O)NCCNC(=O)S. The number of rotatable bonds is 5. The summed E-state index contributed by atoms with van der Waals surface area (Å²) in [5, 5.41) is 4.53. The molecule has 0 bridgehead atoms. The molecule has 0 radical (unpaired) electrons. The summed E-state index contributed by atoms with van der Waals surface area (Å²) in [5.74, 6) is -0.203. The van der Waals surface area contributed by atoms with Crippen molar-refractivity contribution in [3.63, 3.8) is 0 Å². The lowest BCUT2D eigenvalue weighted by molar-refractivity contribution is -0.124. The minimum Gasteiger partial charge on any atom is -0.375 e. The highest BCUT2D eigenvalue weighted by molar-refractivity contribution is 7.96. The molecule has 0 aliphatic carbocycles. The maximum atomic E-state index is 10.7. The summed E-state index contributed by atoms with van der Waals surface area (Å²) in [6.07, 6.45) is 0. The molecule has 5 nitrogen and oxygen atoms in total. The maximum absolute atomic E-state index is 10.7. The van der Waals surface area contributed by atoms with Crippen molar-refractivity contribution in [1.82, 2.24) is 10.6 Å². The first-order chi connectivity index (χ1) is 5.66. The van der Waals surface area contributed by atoms with Crippen LogP contribution in [-0.2, 0) is 9.53 Å². The Morgan fingerprint density at radius 1 is 1.33 bits per heavy atom. The summed E-state index contributed by atoms with van der Waals surface area (Å²) in [7, 11) is 1.44. The molecule has 0 aromatic heterocycles. The molecule has 0 aromatic rings. The molecule has 12 heavy (non-hydrogen) atoms. The number of ether oxygens (including phenoxy) is 1. The van der Waals surface area contributed by atoms with E-state index in [1.54, 1.807) is 0 Å². The monoisotopic (exact) mass is 192 g/mol. The topological polar surface area (TPSA) is 67.4 Å². The number of carbonyl (C=O) groups is 2. The second-order valence-electron chi connectivity index (χ2n) is 2.01. The Labute approximate surface area is 76.3 Å². The molecule has 0 aromatic carbocycles. The Hall–Kier alpha value is -0.750. The summed E-state index contributed by atoms with van der Waals surface area (Å²) < 4.78 is 4.57. The van der Waals surface area contributed by atoms with Crippen molar-refractivity contribution in [1.29, 1.82) is 0 Å². The van der Waals surface area contributed by atoms with Gasteiger partial charge in [0.25, 0.3) is 5.24 Å². The van der Waals surface area contributed by atoms with E-state index in [1.807, 2.05) is 0 Å². The van der Waals surface area contributed by atoms with Gasteiger partial charge in [-0.15, -0.1) is 0 Å². The minimum absolute atomic E-state index is 0.0365. The van der Waals surface area contributed by atoms with E-state index in [9.17, 15) is 9.59 Å². The average molecular weight is 192 g/mol. The van der Waals surface area contributed by atoms with Gasteiger partial charge < -0.3 is 15.4 Å². The van der Waals surface area contributed by atoms with Crippen molar-refractivity contribution in [2.75, 3.05) is 26.8 Å². The zero-order valence-corrected chi connectivity index (χ0v) is 7.69. The number of hydrogen-bond acceptors (Lipinski definition) is 3. The molecule has 0 heterocycles. The van der Waals surface area contributed by atoms with Crippen LogP contribution in [0.5, 0.6) is 0 Å². The molecule has 0 spiro atoms. The normalized spacial score (nSPS) is 9.17. The van der Waals surface area contributed by atoms with Crippen LogP contribution in [0.2, 0.25) is 0 Å². The van der Waals surface area contributed by atoms with Gasteiger partial charge in [0.05, 0.1) is 0 Å². The third kappa shape index (κ3) is 7.36. The molecule has 6 heteroatoms. The summed E-state index contributed by atoms with van der Waals surface area (Å²) >= 11 is 3.48. The van der Waals surface area contributed by atoms with Gasteiger partial charge in [0.1, 0.15) is 6.61 Å². The predicted molar refractivity (Wildman–Crippen MR) is 47.3 cm³/mol. The van der Waals surface area contributed by atoms with E-state index in [1.165, 1.54) is 7.11 Å². The first-order valence-electron chi connectivity index (χ1n) is 3.39. The third-order valence-corrected chi connectivity index (χ3v) is 1.16. The fourth-order valence-electron chi connectivity index (χ4n) is 0.553. The summed E-state index contributed by atoms with van der Waals surface area (Å²) in [4.78, 5) is 20.9. The van der Waals surface area contributed by atoms with Crippen molar-refractivity contribution < 1.29 is 14.3 Å². The minimum atomic E-state index is -0.406. The van der Waals surface area contributed by atoms with Gasteiger partial charge in [0.15, 0.2) is 0 Å². The first-order valence-corrected chi connectivity index (χ1v) is 3.84. The number of amides is 2. The molecule has 0 aliphatic rings. The van der Waals surface area contributed by atoms with E-state index in [0.29, 0.717) is 13.1 Å². The van der Waals surface area contributed by atoms with Crippen molar-refractivity contribution in [3.8, 4) is 0 Å². The third-order valence-electron chi connectivity index (χ3n) is 0.999. The highest BCUT2D eigenvalue weighted by Gasteiger charge is 1.97. The van der Waals surface area contributed by atoms with Gasteiger partial charge in [-0.3, -0.25) is 9.59 Å². The molecule has 0 saturated carbocycles. The second kappa shape index (κ2) is 6.93. The molecule has 0 saturated heterocycles. The molecule has 70 valence electrons. The lowest BCUT2D eigenvalue weighted by Gasteiger charge is -2.03. The van der Waals surface area contributed by atoms with E-state index >= 15 is 0 Å². The Bertz CT molecular complexity index is 163. The Morgan fingerprint density at radius 2 is 1.92 bits per heavy atom. The zero-order valence-electron chi connectivity index (χ0n) is 6.79. The molecule has 0 atom stereocenters. The molecule has 2 amide bonds. The van der Waals surface area contributed by atoms with Crippen molar-refractivity contribution in [3.05, 3.63) is 0 Å². The molecule has 0 unspecified atom stereocenters. The molecule has 0 rings (SSSR count). The maximum Gasteiger partial charge on any atom is 0.276 e. The zero-order chi connectivity index (χ0) is 9.40. The average Bonchev–Trinajstić information content (AvgIpc) is 1.98. The lowest BCUT2D eigenvalue weighted by Crippen LogP contribution is -2.34. The summed E-state index contributed by atoms with van der Waals surface area (Å²) in [6.45, 7) is 0.793. The van der Waals surface area contributed by atoms with E-state index in [2.05, 4.69) is 28.0 Å². The lowest BCUT2D eigenvalue weighted by atomic mass is 10.5. The van der Waals surface area contributed by atoms with E-state index in [0.717, 1.165) is 0 Å².